The molecule has 4 heteroatoms. The monoisotopic (exact) mass is 378 g/mol. The zero-order valence-electron chi connectivity index (χ0n) is 14.1. The summed E-state index contributed by atoms with van der Waals surface area (Å²) in [5.41, 5.74) is 2.01. The van der Waals surface area contributed by atoms with Gasteiger partial charge in [0.25, 0.3) is 0 Å². The van der Waals surface area contributed by atoms with Gasteiger partial charge in [0.1, 0.15) is 5.69 Å². The Morgan fingerprint density at radius 1 is 1.26 bits per heavy atom. The fourth-order valence-electron chi connectivity index (χ4n) is 3.22. The van der Waals surface area contributed by atoms with Crippen LogP contribution in [0, 0.1) is 5.92 Å². The minimum absolute atomic E-state index is 0.231. The van der Waals surface area contributed by atoms with Gasteiger partial charge in [-0.3, -0.25) is 4.48 Å². The van der Waals surface area contributed by atoms with Crippen molar-refractivity contribution in [3.05, 3.63) is 52.7 Å². The van der Waals surface area contributed by atoms with Crippen LogP contribution in [-0.4, -0.2) is 26.2 Å². The average molecular weight is 379 g/mol. The Bertz CT molecular complexity index is 607. The lowest BCUT2D eigenvalue weighted by Gasteiger charge is -2.39. The summed E-state index contributed by atoms with van der Waals surface area (Å²) in [7, 11) is 1.43. The number of hydrogen-bond acceptors (Lipinski definition) is 2. The fraction of sp³-hybridized carbons (Fsp3) is 0.421. The molecule has 1 atom stereocenters. The lowest BCUT2D eigenvalue weighted by Crippen LogP contribution is -2.50. The molecule has 23 heavy (non-hydrogen) atoms. The molecular formula is C19H25BrNO2+. The van der Waals surface area contributed by atoms with E-state index in [0.717, 1.165) is 40.6 Å². The number of nitrogens with zero attached hydrogens (tertiary/aromatic N) is 1. The summed E-state index contributed by atoms with van der Waals surface area (Å²) in [6, 6.07) is 10.6. The topological polar surface area (TPSA) is 26.3 Å². The number of methoxy groups -OCH3 is 1. The van der Waals surface area contributed by atoms with Crippen LogP contribution in [-0.2, 0) is 9.53 Å². The molecule has 0 N–H and O–H groups in total. The molecule has 0 bridgehead atoms. The van der Waals surface area contributed by atoms with E-state index in [1.807, 2.05) is 18.2 Å². The molecule has 0 saturated carbocycles. The summed E-state index contributed by atoms with van der Waals surface area (Å²) in [5.74, 6) is 0.324. The Morgan fingerprint density at radius 2 is 1.96 bits per heavy atom. The van der Waals surface area contributed by atoms with Gasteiger partial charge in [-0.25, -0.2) is 4.79 Å². The van der Waals surface area contributed by atoms with Gasteiger partial charge in [0, 0.05) is 39.9 Å². The van der Waals surface area contributed by atoms with E-state index in [4.69, 9.17) is 4.74 Å². The van der Waals surface area contributed by atoms with E-state index >= 15 is 0 Å². The second-order valence-electron chi connectivity index (χ2n) is 6.38. The number of para-hydroxylation sites is 1. The third kappa shape index (κ3) is 4.12. The van der Waals surface area contributed by atoms with Crippen molar-refractivity contribution in [1.29, 1.82) is 0 Å². The highest BCUT2D eigenvalue weighted by molar-refractivity contribution is 9.11. The molecule has 2 rings (SSSR count). The van der Waals surface area contributed by atoms with E-state index in [-0.39, 0.29) is 5.97 Å². The van der Waals surface area contributed by atoms with Gasteiger partial charge in [0.15, 0.2) is 4.61 Å². The molecule has 0 radical (unpaired) electrons. The van der Waals surface area contributed by atoms with E-state index in [1.165, 1.54) is 12.8 Å². The van der Waals surface area contributed by atoms with Gasteiger partial charge in [-0.1, -0.05) is 32.0 Å². The predicted octanol–water partition coefficient (Wildman–Crippen LogP) is 4.78. The normalized spacial score (nSPS) is 22.0. The number of quaternary nitrogens is 1. The standard InChI is InChI=1S/C19H25BrNO2/c1-15(2)14-21(17-9-5-4-6-10-17)13-7-8-16(19(22)23-3)11-12-18(21)20/h4-6,9-12,15H,7-8,13-14H2,1-3H3/q+1. The number of carbonyl (C=O) groups is 1. The van der Waals surface area contributed by atoms with Gasteiger partial charge in [0.05, 0.1) is 20.2 Å². The number of benzene rings is 1. The van der Waals surface area contributed by atoms with Crippen LogP contribution in [0.1, 0.15) is 26.7 Å². The van der Waals surface area contributed by atoms with E-state index in [0.29, 0.717) is 5.92 Å². The maximum atomic E-state index is 11.8. The first-order valence-electron chi connectivity index (χ1n) is 8.07. The number of esters is 1. The van der Waals surface area contributed by atoms with Crippen molar-refractivity contribution in [2.45, 2.75) is 26.7 Å². The van der Waals surface area contributed by atoms with Crippen LogP contribution in [0.15, 0.2) is 52.7 Å². The van der Waals surface area contributed by atoms with Gasteiger partial charge in [-0.2, -0.15) is 0 Å². The Labute approximate surface area is 147 Å². The first-order valence-corrected chi connectivity index (χ1v) is 8.87. The van der Waals surface area contributed by atoms with E-state index in [2.05, 4.69) is 54.0 Å². The van der Waals surface area contributed by atoms with Crippen LogP contribution in [0.25, 0.3) is 0 Å². The van der Waals surface area contributed by atoms with Crippen LogP contribution in [0.4, 0.5) is 5.69 Å². The molecule has 1 aliphatic rings. The van der Waals surface area contributed by atoms with Gasteiger partial charge in [-0.15, -0.1) is 0 Å². The molecule has 0 saturated heterocycles. The second-order valence-corrected chi connectivity index (χ2v) is 7.19. The highest BCUT2D eigenvalue weighted by Crippen LogP contribution is 2.36. The number of hydrogen-bond donors (Lipinski definition) is 0. The number of ether oxygens (including phenoxy) is 1. The maximum Gasteiger partial charge on any atom is 0.333 e. The molecule has 124 valence electrons. The highest BCUT2D eigenvalue weighted by atomic mass is 79.9. The fourth-order valence-corrected chi connectivity index (χ4v) is 3.87. The zero-order chi connectivity index (χ0) is 16.9. The third-order valence-corrected chi connectivity index (χ3v) is 5.13. The Hall–Kier alpha value is -1.39. The molecule has 1 heterocycles. The number of halogens is 1. The molecule has 0 spiro atoms. The van der Waals surface area contributed by atoms with Gasteiger partial charge in [0.2, 0.25) is 0 Å². The molecule has 0 amide bonds. The average Bonchev–Trinajstić information content (AvgIpc) is 2.54. The van der Waals surface area contributed by atoms with Crippen molar-refractivity contribution in [2.24, 2.45) is 5.92 Å². The van der Waals surface area contributed by atoms with Crippen LogP contribution in [0.2, 0.25) is 0 Å². The van der Waals surface area contributed by atoms with Gasteiger partial charge in [-0.05, 0) is 24.6 Å². The molecule has 1 aliphatic heterocycles. The van der Waals surface area contributed by atoms with E-state index in [1.54, 1.807) is 0 Å². The number of allylic oxidation sites excluding steroid dienone is 2. The highest BCUT2D eigenvalue weighted by Gasteiger charge is 2.35. The molecule has 1 aromatic rings. The molecule has 3 nitrogen and oxygen atoms in total. The van der Waals surface area contributed by atoms with Crippen molar-refractivity contribution in [2.75, 3.05) is 20.2 Å². The largest absolute Gasteiger partial charge is 0.466 e. The van der Waals surface area contributed by atoms with Crippen molar-refractivity contribution in [1.82, 2.24) is 4.48 Å². The Balaban J connectivity index is 2.48. The lowest BCUT2D eigenvalue weighted by atomic mass is 10.0. The van der Waals surface area contributed by atoms with Crippen molar-refractivity contribution < 1.29 is 9.53 Å². The maximum absolute atomic E-state index is 11.8. The van der Waals surface area contributed by atoms with Gasteiger partial charge < -0.3 is 4.74 Å². The molecule has 0 fully saturated rings. The Kier molecular flexibility index (Phi) is 6.19. The minimum atomic E-state index is -0.231. The van der Waals surface area contributed by atoms with Crippen molar-refractivity contribution >= 4 is 27.6 Å². The second kappa shape index (κ2) is 7.93. The molecule has 1 unspecified atom stereocenters. The minimum Gasteiger partial charge on any atom is -0.466 e. The van der Waals surface area contributed by atoms with E-state index < -0.39 is 0 Å². The molecule has 0 aromatic heterocycles. The third-order valence-electron chi connectivity index (χ3n) is 4.19. The quantitative estimate of drug-likeness (QED) is 0.428. The van der Waals surface area contributed by atoms with Crippen molar-refractivity contribution in [3.8, 4) is 0 Å². The smallest absolute Gasteiger partial charge is 0.333 e. The summed E-state index contributed by atoms with van der Waals surface area (Å²) in [4.78, 5) is 11.8. The molecule has 0 aliphatic carbocycles. The first kappa shape index (κ1) is 18.0. The summed E-state index contributed by atoms with van der Waals surface area (Å²) in [6.45, 7) is 6.46. The SMILES string of the molecule is COC(=O)C1=CC=C(Br)[N+](CC(C)C)(c2ccccc2)CCC1. The molecule has 1 aromatic carbocycles. The van der Waals surface area contributed by atoms with E-state index in [9.17, 15) is 4.79 Å². The zero-order valence-corrected chi connectivity index (χ0v) is 15.7. The summed E-state index contributed by atoms with van der Waals surface area (Å²) < 4.78 is 6.73. The predicted molar refractivity (Wildman–Crippen MR) is 99.2 cm³/mol. The molecular weight excluding hydrogens is 354 g/mol. The van der Waals surface area contributed by atoms with Gasteiger partial charge >= 0.3 is 5.97 Å². The summed E-state index contributed by atoms with van der Waals surface area (Å²) >= 11 is 3.80. The van der Waals surface area contributed by atoms with Crippen LogP contribution >= 0.6 is 15.9 Å². The summed E-state index contributed by atoms with van der Waals surface area (Å²) in [6.07, 6.45) is 5.59. The van der Waals surface area contributed by atoms with Crippen LogP contribution in [0.3, 0.4) is 0 Å². The number of rotatable bonds is 4. The lowest BCUT2D eigenvalue weighted by molar-refractivity contribution is -0.136. The Morgan fingerprint density at radius 3 is 2.57 bits per heavy atom. The summed E-state index contributed by atoms with van der Waals surface area (Å²) in [5, 5.41) is 0. The first-order chi connectivity index (χ1) is 11.0. The number of carbonyl (C=O) groups excluding carboxylic acids is 1. The van der Waals surface area contributed by atoms with Crippen LogP contribution < -0.4 is 4.48 Å². The van der Waals surface area contributed by atoms with Crippen molar-refractivity contribution in [3.63, 3.8) is 0 Å². The van der Waals surface area contributed by atoms with Crippen LogP contribution in [0.5, 0.6) is 0 Å².